The molecular weight excluding hydrogens is 438 g/mol. The van der Waals surface area contributed by atoms with Crippen LogP contribution >= 0.6 is 0 Å². The van der Waals surface area contributed by atoms with Crippen LogP contribution in [0.15, 0.2) is 29.2 Å². The molecule has 0 heterocycles. The number of hydrogen-bond acceptors (Lipinski definition) is 7. The van der Waals surface area contributed by atoms with E-state index in [1.54, 1.807) is 39.8 Å². The lowest BCUT2D eigenvalue weighted by Crippen LogP contribution is -2.42. The number of rotatable bonds is 11. The topological polar surface area (TPSA) is 168 Å². The van der Waals surface area contributed by atoms with Gasteiger partial charge >= 0.3 is 11.9 Å². The highest BCUT2D eigenvalue weighted by molar-refractivity contribution is 7.89. The Labute approximate surface area is 188 Å². The molecule has 0 radical (unpaired) electrons. The molecule has 1 rings (SSSR count). The van der Waals surface area contributed by atoms with Crippen LogP contribution < -0.4 is 5.73 Å². The number of aliphatic carboxylic acids is 1. The van der Waals surface area contributed by atoms with Crippen molar-refractivity contribution in [3.8, 4) is 0 Å². The van der Waals surface area contributed by atoms with E-state index in [1.165, 1.54) is 12.1 Å². The zero-order valence-corrected chi connectivity index (χ0v) is 19.6. The van der Waals surface area contributed by atoms with Gasteiger partial charge in [-0.1, -0.05) is 17.7 Å². The number of ketones is 1. The maximum Gasteiger partial charge on any atom is 0.316 e. The van der Waals surface area contributed by atoms with Crippen LogP contribution in [0, 0.1) is 18.3 Å². The SMILES string of the molecule is Cc1ccc(S(=O)(=O)N(CCCC(C(=O)CCC(=O)O)C(=O)OC(C)(C)C)C(=N)N)cc1. The molecule has 0 saturated carbocycles. The Morgan fingerprint density at radius 2 is 1.72 bits per heavy atom. The summed E-state index contributed by atoms with van der Waals surface area (Å²) >= 11 is 0. The Kier molecular flexibility index (Phi) is 9.37. The van der Waals surface area contributed by atoms with Gasteiger partial charge in [0.1, 0.15) is 17.3 Å². The van der Waals surface area contributed by atoms with Gasteiger partial charge in [0, 0.05) is 13.0 Å². The van der Waals surface area contributed by atoms with Gasteiger partial charge in [0.05, 0.1) is 11.3 Å². The molecule has 0 aliphatic carbocycles. The third kappa shape index (κ3) is 8.29. The minimum absolute atomic E-state index is 0.0212. The van der Waals surface area contributed by atoms with E-state index in [9.17, 15) is 22.8 Å². The van der Waals surface area contributed by atoms with Crippen molar-refractivity contribution in [2.45, 2.75) is 63.9 Å². The van der Waals surface area contributed by atoms with Crippen LogP contribution in [0.25, 0.3) is 0 Å². The number of guanidine groups is 1. The van der Waals surface area contributed by atoms with E-state index in [-0.39, 0.29) is 30.7 Å². The average molecular weight is 470 g/mol. The van der Waals surface area contributed by atoms with Crippen LogP contribution in [-0.2, 0) is 29.1 Å². The molecule has 0 saturated heterocycles. The lowest BCUT2D eigenvalue weighted by molar-refractivity contribution is -0.162. The fourth-order valence-corrected chi connectivity index (χ4v) is 4.20. The van der Waals surface area contributed by atoms with Crippen molar-refractivity contribution in [2.75, 3.05) is 6.54 Å². The number of aryl methyl sites for hydroxylation is 1. The number of Topliss-reactive ketones (excluding diaryl/α,β-unsaturated/α-hetero) is 1. The average Bonchev–Trinajstić information content (AvgIpc) is 2.64. The number of hydrogen-bond donors (Lipinski definition) is 3. The number of carboxylic acid groups (broad SMARTS) is 1. The molecule has 11 heteroatoms. The summed E-state index contributed by atoms with van der Waals surface area (Å²) < 4.78 is 31.7. The summed E-state index contributed by atoms with van der Waals surface area (Å²) in [6.45, 7) is 6.47. The van der Waals surface area contributed by atoms with Crippen molar-refractivity contribution in [3.63, 3.8) is 0 Å². The van der Waals surface area contributed by atoms with Crippen LogP contribution in [0.2, 0.25) is 0 Å². The van der Waals surface area contributed by atoms with E-state index in [0.29, 0.717) is 4.31 Å². The Morgan fingerprint density at radius 3 is 2.19 bits per heavy atom. The zero-order chi connectivity index (χ0) is 24.7. The van der Waals surface area contributed by atoms with Crippen molar-refractivity contribution in [3.05, 3.63) is 29.8 Å². The van der Waals surface area contributed by atoms with Gasteiger partial charge in [0.2, 0.25) is 5.96 Å². The van der Waals surface area contributed by atoms with Crippen LogP contribution in [0.1, 0.15) is 52.0 Å². The molecule has 32 heavy (non-hydrogen) atoms. The first kappa shape index (κ1) is 27.1. The Bertz CT molecular complexity index is 951. The number of nitrogens with zero attached hydrogens (tertiary/aromatic N) is 1. The molecule has 0 bridgehead atoms. The van der Waals surface area contributed by atoms with Crippen molar-refractivity contribution >= 4 is 33.7 Å². The van der Waals surface area contributed by atoms with Crippen molar-refractivity contribution < 1.29 is 32.6 Å². The van der Waals surface area contributed by atoms with Crippen molar-refractivity contribution in [2.24, 2.45) is 11.7 Å². The summed E-state index contributed by atoms with van der Waals surface area (Å²) in [6.07, 6.45) is -0.842. The molecule has 4 N–H and O–H groups in total. The van der Waals surface area contributed by atoms with Crippen LogP contribution in [0.4, 0.5) is 0 Å². The molecular formula is C21H31N3O7S. The molecule has 0 aliphatic rings. The summed E-state index contributed by atoms with van der Waals surface area (Å²) in [7, 11) is -4.10. The third-order valence-electron chi connectivity index (χ3n) is 4.40. The van der Waals surface area contributed by atoms with E-state index >= 15 is 0 Å². The second-order valence-corrected chi connectivity index (χ2v) is 10.2. The predicted octanol–water partition coefficient (Wildman–Crippen LogP) is 2.05. The number of carboxylic acids is 1. The van der Waals surface area contributed by atoms with Crippen LogP contribution in [0.3, 0.4) is 0 Å². The third-order valence-corrected chi connectivity index (χ3v) is 6.22. The molecule has 0 spiro atoms. The Morgan fingerprint density at radius 1 is 1.16 bits per heavy atom. The number of nitrogens with two attached hydrogens (primary N) is 1. The predicted molar refractivity (Wildman–Crippen MR) is 117 cm³/mol. The number of carbonyl (C=O) groups is 3. The van der Waals surface area contributed by atoms with E-state index < -0.39 is 51.6 Å². The highest BCUT2D eigenvalue weighted by atomic mass is 32.2. The highest BCUT2D eigenvalue weighted by Gasteiger charge is 2.32. The second kappa shape index (κ2) is 11.1. The maximum atomic E-state index is 12.9. The normalized spacial score (nSPS) is 12.6. The van der Waals surface area contributed by atoms with E-state index in [2.05, 4.69) is 0 Å². The first-order valence-corrected chi connectivity index (χ1v) is 11.5. The summed E-state index contributed by atoms with van der Waals surface area (Å²) in [5.41, 5.74) is 5.50. The molecule has 0 fully saturated rings. The van der Waals surface area contributed by atoms with Gasteiger partial charge in [-0.15, -0.1) is 0 Å². The second-order valence-electron chi connectivity index (χ2n) is 8.36. The monoisotopic (exact) mass is 469 g/mol. The number of nitrogens with one attached hydrogen (secondary N) is 1. The number of benzene rings is 1. The maximum absolute atomic E-state index is 12.9. The first-order chi connectivity index (χ1) is 14.6. The fraction of sp³-hybridized carbons (Fsp3) is 0.524. The van der Waals surface area contributed by atoms with Gasteiger partial charge in [-0.25, -0.2) is 12.7 Å². The van der Waals surface area contributed by atoms with Crippen LogP contribution in [-0.4, -0.2) is 53.7 Å². The van der Waals surface area contributed by atoms with Gasteiger partial charge in [0.15, 0.2) is 0 Å². The Hall–Kier alpha value is -2.95. The fourth-order valence-electron chi connectivity index (χ4n) is 2.83. The molecule has 0 amide bonds. The van der Waals surface area contributed by atoms with Crippen LogP contribution in [0.5, 0.6) is 0 Å². The van der Waals surface area contributed by atoms with Crippen molar-refractivity contribution in [1.29, 1.82) is 5.41 Å². The van der Waals surface area contributed by atoms with Gasteiger partial charge in [0.25, 0.3) is 10.0 Å². The minimum atomic E-state index is -4.10. The minimum Gasteiger partial charge on any atom is -0.481 e. The molecule has 1 atom stereocenters. The van der Waals surface area contributed by atoms with Gasteiger partial charge in [-0.05, 0) is 52.7 Å². The lowest BCUT2D eigenvalue weighted by Gasteiger charge is -2.25. The zero-order valence-electron chi connectivity index (χ0n) is 18.8. The summed E-state index contributed by atoms with van der Waals surface area (Å²) in [4.78, 5) is 35.7. The highest BCUT2D eigenvalue weighted by Crippen LogP contribution is 2.21. The summed E-state index contributed by atoms with van der Waals surface area (Å²) in [5, 5.41) is 16.5. The molecule has 0 aliphatic heterocycles. The quantitative estimate of drug-likeness (QED) is 0.191. The molecule has 1 unspecified atom stereocenters. The standard InChI is InChI=1S/C21H31N3O7S/c1-14-7-9-15(10-8-14)32(29,30)24(20(22)23)13-5-6-16(17(25)11-12-18(26)27)19(28)31-21(2,3)4/h7-10,16H,5-6,11-13H2,1-4H3,(H3,22,23)(H,26,27). The Balaban J connectivity index is 2.99. The lowest BCUT2D eigenvalue weighted by atomic mass is 9.95. The van der Waals surface area contributed by atoms with Crippen molar-refractivity contribution in [1.82, 2.24) is 4.31 Å². The molecule has 178 valence electrons. The number of esters is 1. The smallest absolute Gasteiger partial charge is 0.316 e. The summed E-state index contributed by atoms with van der Waals surface area (Å²) in [5.74, 6) is -4.52. The molecule has 1 aromatic carbocycles. The number of carbonyl (C=O) groups excluding carboxylic acids is 2. The number of ether oxygens (including phenoxy) is 1. The van der Waals surface area contributed by atoms with Gasteiger partial charge in [-0.3, -0.25) is 19.8 Å². The molecule has 1 aromatic rings. The molecule has 0 aromatic heterocycles. The first-order valence-electron chi connectivity index (χ1n) is 10.1. The van der Waals surface area contributed by atoms with E-state index in [0.717, 1.165) is 5.56 Å². The van der Waals surface area contributed by atoms with Gasteiger partial charge in [-0.2, -0.15) is 0 Å². The molecule has 10 nitrogen and oxygen atoms in total. The van der Waals surface area contributed by atoms with E-state index in [4.69, 9.17) is 21.0 Å². The van der Waals surface area contributed by atoms with E-state index in [1.807, 2.05) is 0 Å². The summed E-state index contributed by atoms with van der Waals surface area (Å²) in [6, 6.07) is 6.04. The van der Waals surface area contributed by atoms with Gasteiger partial charge < -0.3 is 15.6 Å². The number of sulfonamides is 1. The largest absolute Gasteiger partial charge is 0.481 e.